The zero-order chi connectivity index (χ0) is 17.9. The van der Waals surface area contributed by atoms with Gasteiger partial charge in [-0.3, -0.25) is 14.6 Å². The minimum atomic E-state index is -1.10. The van der Waals surface area contributed by atoms with Crippen LogP contribution in [-0.2, 0) is 9.59 Å². The van der Waals surface area contributed by atoms with Crippen molar-refractivity contribution < 1.29 is 19.5 Å². The third-order valence-corrected chi connectivity index (χ3v) is 5.31. The van der Waals surface area contributed by atoms with E-state index in [1.165, 1.54) is 0 Å². The second-order valence-electron chi connectivity index (χ2n) is 6.89. The molecule has 1 saturated carbocycles. The van der Waals surface area contributed by atoms with Gasteiger partial charge in [-0.25, -0.2) is 4.79 Å². The summed E-state index contributed by atoms with van der Waals surface area (Å²) in [5, 5.41) is 12.3. The fourth-order valence-corrected chi connectivity index (χ4v) is 3.73. The van der Waals surface area contributed by atoms with Gasteiger partial charge in [-0.1, -0.05) is 12.8 Å². The van der Waals surface area contributed by atoms with Gasteiger partial charge < -0.3 is 15.3 Å². The van der Waals surface area contributed by atoms with E-state index in [4.69, 9.17) is 0 Å². The van der Waals surface area contributed by atoms with Crippen LogP contribution in [0, 0.1) is 5.92 Å². The number of hydrogen-bond donors (Lipinski definition) is 2. The molecule has 1 aliphatic heterocycles. The number of aromatic nitrogens is 1. The average Bonchev–Trinajstić information content (AvgIpc) is 3.12. The Kier molecular flexibility index (Phi) is 5.01. The fourth-order valence-electron chi connectivity index (χ4n) is 3.73. The Morgan fingerprint density at radius 1 is 1.12 bits per heavy atom. The van der Waals surface area contributed by atoms with E-state index in [-0.39, 0.29) is 17.7 Å². The summed E-state index contributed by atoms with van der Waals surface area (Å²) >= 11 is 0. The number of nitrogens with zero attached hydrogens (tertiary/aromatic N) is 2. The predicted octanol–water partition coefficient (Wildman–Crippen LogP) is 1.45. The lowest BCUT2D eigenvalue weighted by molar-refractivity contribution is -0.148. The van der Waals surface area contributed by atoms with Crippen LogP contribution in [0.5, 0.6) is 0 Å². The Hall–Kier alpha value is -2.44. The highest BCUT2D eigenvalue weighted by atomic mass is 16.4. The molecule has 2 fully saturated rings. The number of carboxylic acids is 1. The second kappa shape index (κ2) is 7.21. The van der Waals surface area contributed by atoms with Crippen LogP contribution in [0.2, 0.25) is 0 Å². The van der Waals surface area contributed by atoms with Gasteiger partial charge in [0, 0.05) is 37.0 Å². The van der Waals surface area contributed by atoms with E-state index in [2.05, 4.69) is 10.3 Å². The number of pyridine rings is 1. The molecule has 1 aliphatic carbocycles. The van der Waals surface area contributed by atoms with Crippen LogP contribution in [0.15, 0.2) is 24.5 Å². The van der Waals surface area contributed by atoms with E-state index >= 15 is 0 Å². The third-order valence-electron chi connectivity index (χ3n) is 5.31. The maximum atomic E-state index is 12.5. The Balaban J connectivity index is 1.56. The molecule has 0 bridgehead atoms. The highest BCUT2D eigenvalue weighted by Crippen LogP contribution is 2.31. The van der Waals surface area contributed by atoms with Gasteiger partial charge >= 0.3 is 5.97 Å². The molecule has 134 valence electrons. The van der Waals surface area contributed by atoms with Gasteiger partial charge in [-0.2, -0.15) is 0 Å². The lowest BCUT2D eigenvalue weighted by atomic mass is 9.92. The quantitative estimate of drug-likeness (QED) is 0.860. The fraction of sp³-hybridized carbons (Fsp3) is 0.556. The topological polar surface area (TPSA) is 99.6 Å². The summed E-state index contributed by atoms with van der Waals surface area (Å²) in [6, 6.07) is 3.36. The second-order valence-corrected chi connectivity index (χ2v) is 6.89. The Morgan fingerprint density at radius 2 is 1.72 bits per heavy atom. The van der Waals surface area contributed by atoms with Gasteiger partial charge in [0.15, 0.2) is 0 Å². The molecule has 1 saturated heterocycles. The number of nitrogens with one attached hydrogen (secondary N) is 1. The first-order valence-electron chi connectivity index (χ1n) is 8.76. The summed E-state index contributed by atoms with van der Waals surface area (Å²) in [6.07, 6.45) is 6.91. The van der Waals surface area contributed by atoms with Crippen molar-refractivity contribution in [2.45, 2.75) is 44.1 Å². The molecule has 0 atom stereocenters. The minimum Gasteiger partial charge on any atom is -0.480 e. The zero-order valence-corrected chi connectivity index (χ0v) is 14.1. The van der Waals surface area contributed by atoms with Crippen LogP contribution in [0.1, 0.15) is 48.9 Å². The molecule has 0 radical (unpaired) electrons. The molecule has 2 heterocycles. The number of aliphatic carboxylic acids is 1. The van der Waals surface area contributed by atoms with Crippen LogP contribution in [0.3, 0.4) is 0 Å². The van der Waals surface area contributed by atoms with Crippen molar-refractivity contribution >= 4 is 17.8 Å². The van der Waals surface area contributed by atoms with Gasteiger partial charge in [-0.15, -0.1) is 0 Å². The van der Waals surface area contributed by atoms with Crippen molar-refractivity contribution in [1.29, 1.82) is 0 Å². The van der Waals surface area contributed by atoms with E-state index in [0.29, 0.717) is 44.3 Å². The van der Waals surface area contributed by atoms with Gasteiger partial charge in [-0.05, 0) is 37.8 Å². The van der Waals surface area contributed by atoms with E-state index in [1.807, 2.05) is 0 Å². The molecule has 1 aromatic rings. The molecule has 0 unspecified atom stereocenters. The molecule has 1 aromatic heterocycles. The van der Waals surface area contributed by atoms with Crippen LogP contribution >= 0.6 is 0 Å². The van der Waals surface area contributed by atoms with Crippen LogP contribution < -0.4 is 5.32 Å². The van der Waals surface area contributed by atoms with Crippen molar-refractivity contribution in [3.8, 4) is 0 Å². The molecule has 7 heteroatoms. The standard InChI is InChI=1S/C18H23N3O4/c22-15(20-18(17(24)25)7-1-2-8-18)13-5-11-21(12-6-13)16(23)14-3-9-19-10-4-14/h3-4,9-10,13H,1-2,5-8,11-12H2,(H,20,22)(H,24,25). The van der Waals surface area contributed by atoms with Crippen molar-refractivity contribution in [3.05, 3.63) is 30.1 Å². The number of hydrogen-bond acceptors (Lipinski definition) is 4. The van der Waals surface area contributed by atoms with Crippen LogP contribution in [-0.4, -0.2) is 51.4 Å². The smallest absolute Gasteiger partial charge is 0.329 e. The summed E-state index contributed by atoms with van der Waals surface area (Å²) in [5.74, 6) is -1.43. The largest absolute Gasteiger partial charge is 0.480 e. The molecule has 2 N–H and O–H groups in total. The lowest BCUT2D eigenvalue weighted by Crippen LogP contribution is -2.55. The number of carbonyl (C=O) groups is 3. The number of carboxylic acid groups (broad SMARTS) is 1. The van der Waals surface area contributed by atoms with E-state index < -0.39 is 11.5 Å². The molecule has 0 spiro atoms. The van der Waals surface area contributed by atoms with E-state index in [0.717, 1.165) is 12.8 Å². The normalized spacial score (nSPS) is 20.2. The minimum absolute atomic E-state index is 0.0564. The Morgan fingerprint density at radius 3 is 2.28 bits per heavy atom. The molecule has 25 heavy (non-hydrogen) atoms. The number of amides is 2. The first-order chi connectivity index (χ1) is 12.0. The van der Waals surface area contributed by atoms with Gasteiger partial charge in [0.2, 0.25) is 5.91 Å². The summed E-state index contributed by atoms with van der Waals surface area (Å²) < 4.78 is 0. The van der Waals surface area contributed by atoms with Crippen LogP contribution in [0.4, 0.5) is 0 Å². The van der Waals surface area contributed by atoms with Crippen molar-refractivity contribution in [3.63, 3.8) is 0 Å². The van der Waals surface area contributed by atoms with E-state index in [9.17, 15) is 19.5 Å². The maximum Gasteiger partial charge on any atom is 0.329 e. The van der Waals surface area contributed by atoms with E-state index in [1.54, 1.807) is 29.4 Å². The average molecular weight is 345 g/mol. The SMILES string of the molecule is O=C(NC1(C(=O)O)CCCC1)C1CCN(C(=O)c2ccncc2)CC1. The molecule has 2 aliphatic rings. The molecule has 0 aromatic carbocycles. The maximum absolute atomic E-state index is 12.5. The predicted molar refractivity (Wildman–Crippen MR) is 89.8 cm³/mol. The van der Waals surface area contributed by atoms with Crippen molar-refractivity contribution in [2.75, 3.05) is 13.1 Å². The molecule has 7 nitrogen and oxygen atoms in total. The number of rotatable bonds is 4. The molecular weight excluding hydrogens is 322 g/mol. The highest BCUT2D eigenvalue weighted by molar-refractivity contribution is 5.94. The number of piperidine rings is 1. The van der Waals surface area contributed by atoms with Crippen molar-refractivity contribution in [1.82, 2.24) is 15.2 Å². The molecule has 3 rings (SSSR count). The third kappa shape index (κ3) is 3.65. The monoisotopic (exact) mass is 345 g/mol. The summed E-state index contributed by atoms with van der Waals surface area (Å²) in [4.78, 5) is 42.2. The first kappa shape index (κ1) is 17.4. The number of carbonyl (C=O) groups excluding carboxylic acids is 2. The first-order valence-corrected chi connectivity index (χ1v) is 8.76. The summed E-state index contributed by atoms with van der Waals surface area (Å²) in [7, 11) is 0. The van der Waals surface area contributed by atoms with Crippen molar-refractivity contribution in [2.24, 2.45) is 5.92 Å². The number of likely N-dealkylation sites (tertiary alicyclic amines) is 1. The lowest BCUT2D eigenvalue weighted by Gasteiger charge is -2.33. The summed E-state index contributed by atoms with van der Waals surface area (Å²) in [5.41, 5.74) is -0.505. The Labute approximate surface area is 146 Å². The van der Waals surface area contributed by atoms with Gasteiger partial charge in [0.05, 0.1) is 0 Å². The zero-order valence-electron chi connectivity index (χ0n) is 14.1. The molecule has 2 amide bonds. The molecular formula is C18H23N3O4. The van der Waals surface area contributed by atoms with Gasteiger partial charge in [0.1, 0.15) is 5.54 Å². The van der Waals surface area contributed by atoms with Gasteiger partial charge in [0.25, 0.3) is 5.91 Å². The van der Waals surface area contributed by atoms with Crippen LogP contribution in [0.25, 0.3) is 0 Å². The summed E-state index contributed by atoms with van der Waals surface area (Å²) in [6.45, 7) is 0.999. The highest BCUT2D eigenvalue weighted by Gasteiger charge is 2.43. The Bertz CT molecular complexity index is 648.